The Balaban J connectivity index is 0.000000412. The predicted molar refractivity (Wildman–Crippen MR) is 145 cm³/mol. The summed E-state index contributed by atoms with van der Waals surface area (Å²) in [4.78, 5) is -0.0666. The number of aryl methyl sites for hydroxylation is 1. The van der Waals surface area contributed by atoms with Gasteiger partial charge in [0.25, 0.3) is 10.1 Å². The number of quaternary nitrogens is 1. The molecule has 5 nitrogen and oxygen atoms in total. The first-order valence-corrected chi connectivity index (χ1v) is 14.9. The van der Waals surface area contributed by atoms with Gasteiger partial charge in [0.1, 0.15) is 6.54 Å². The predicted octanol–water partition coefficient (Wildman–Crippen LogP) is 6.13. The lowest BCUT2D eigenvalue weighted by Crippen LogP contribution is -2.46. The van der Waals surface area contributed by atoms with Gasteiger partial charge >= 0.3 is 0 Å². The molecule has 1 aromatic rings. The Kier molecular flexibility index (Phi) is 16.3. The highest BCUT2D eigenvalue weighted by Crippen LogP contribution is 2.21. The number of unbranched alkanes of at least 4 members (excludes halogenated alkanes) is 9. The van der Waals surface area contributed by atoms with E-state index in [1.807, 2.05) is 6.92 Å². The summed E-state index contributed by atoms with van der Waals surface area (Å²) in [5.41, 5.74) is 0.956. The first-order chi connectivity index (χ1) is 15.8. The van der Waals surface area contributed by atoms with Gasteiger partial charge in [-0.25, -0.2) is 0 Å². The number of hydrogen-bond acceptors (Lipinski definition) is 3. The van der Waals surface area contributed by atoms with Crippen LogP contribution in [0.1, 0.15) is 82.6 Å². The molecule has 1 aliphatic heterocycles. The number of halogens is 1. The molecule has 0 unspecified atom stereocenters. The van der Waals surface area contributed by atoms with Crippen LogP contribution in [-0.2, 0) is 10.1 Å². The third-order valence-electron chi connectivity index (χ3n) is 6.36. The molecule has 0 bridgehead atoms. The zero-order valence-corrected chi connectivity index (χ0v) is 23.2. The maximum absolute atomic E-state index is 10.5. The van der Waals surface area contributed by atoms with Crippen LogP contribution in [0.3, 0.4) is 0 Å². The van der Waals surface area contributed by atoms with Crippen LogP contribution in [0.2, 0.25) is 0 Å². The van der Waals surface area contributed by atoms with E-state index in [1.165, 1.54) is 107 Å². The molecule has 188 valence electrons. The number of likely N-dealkylation sites (tertiary alicyclic amines) is 1. The summed E-state index contributed by atoms with van der Waals surface area (Å²) in [5, 5.41) is 8.72. The second kappa shape index (κ2) is 17.7. The summed E-state index contributed by atoms with van der Waals surface area (Å²) in [5.74, 6) is 3.31. The number of aliphatic hydroxyl groups excluding tert-OH is 1. The number of rotatable bonds is 14. The lowest BCUT2D eigenvalue weighted by atomic mass is 10.1. The van der Waals surface area contributed by atoms with Crippen LogP contribution < -0.4 is 0 Å². The van der Waals surface area contributed by atoms with Crippen molar-refractivity contribution in [2.75, 3.05) is 32.8 Å². The van der Waals surface area contributed by atoms with E-state index in [-0.39, 0.29) is 4.90 Å². The summed E-state index contributed by atoms with van der Waals surface area (Å²) in [6, 6.07) is 5.99. The smallest absolute Gasteiger partial charge is 0.294 e. The SMILES string of the molecule is Cc1ccc(S(=O)(=O)O)cc1.OCCCCCCCCCCCC[N+]1(CC#CI)CCCC1. The molecule has 33 heavy (non-hydrogen) atoms. The molecule has 0 spiro atoms. The largest absolute Gasteiger partial charge is 0.396 e. The van der Waals surface area contributed by atoms with E-state index in [4.69, 9.17) is 9.66 Å². The van der Waals surface area contributed by atoms with Gasteiger partial charge in [-0.3, -0.25) is 4.55 Å². The summed E-state index contributed by atoms with van der Waals surface area (Å²) in [7, 11) is -4.02. The fourth-order valence-electron chi connectivity index (χ4n) is 4.35. The van der Waals surface area contributed by atoms with Crippen LogP contribution in [0.15, 0.2) is 29.2 Å². The minimum absolute atomic E-state index is 0.0666. The summed E-state index contributed by atoms with van der Waals surface area (Å²) in [6.45, 7) is 7.36. The topological polar surface area (TPSA) is 74.6 Å². The summed E-state index contributed by atoms with van der Waals surface area (Å²) < 4.78 is 33.9. The Labute approximate surface area is 215 Å². The van der Waals surface area contributed by atoms with Gasteiger partial charge in [-0.2, -0.15) is 8.42 Å². The van der Waals surface area contributed by atoms with Crippen molar-refractivity contribution >= 4 is 32.7 Å². The van der Waals surface area contributed by atoms with Crippen LogP contribution in [0.5, 0.6) is 0 Å². The third-order valence-corrected chi connectivity index (χ3v) is 7.60. The zero-order valence-electron chi connectivity index (χ0n) is 20.3. The molecule has 0 saturated carbocycles. The molecule has 1 saturated heterocycles. The zero-order chi connectivity index (χ0) is 24.4. The Bertz CT molecular complexity index is 794. The molecule has 1 heterocycles. The minimum Gasteiger partial charge on any atom is -0.396 e. The first-order valence-electron chi connectivity index (χ1n) is 12.4. The van der Waals surface area contributed by atoms with Gasteiger partial charge in [0, 0.05) is 42.0 Å². The van der Waals surface area contributed by atoms with Crippen LogP contribution >= 0.6 is 22.6 Å². The van der Waals surface area contributed by atoms with Crippen molar-refractivity contribution in [3.8, 4) is 9.85 Å². The second-order valence-electron chi connectivity index (χ2n) is 9.20. The maximum atomic E-state index is 10.5. The van der Waals surface area contributed by atoms with E-state index >= 15 is 0 Å². The van der Waals surface area contributed by atoms with Crippen molar-refractivity contribution < 1.29 is 22.6 Å². The Morgan fingerprint density at radius 1 is 0.879 bits per heavy atom. The van der Waals surface area contributed by atoms with Crippen molar-refractivity contribution in [2.24, 2.45) is 0 Å². The van der Waals surface area contributed by atoms with Crippen molar-refractivity contribution in [3.05, 3.63) is 29.8 Å². The number of hydrogen-bond donors (Lipinski definition) is 2. The van der Waals surface area contributed by atoms with Gasteiger partial charge in [0.15, 0.2) is 0 Å². The van der Waals surface area contributed by atoms with E-state index in [0.29, 0.717) is 6.61 Å². The quantitative estimate of drug-likeness (QED) is 0.0897. The number of nitrogens with zero attached hydrogens (tertiary/aromatic N) is 1. The van der Waals surface area contributed by atoms with E-state index in [9.17, 15) is 8.42 Å². The maximum Gasteiger partial charge on any atom is 0.294 e. The monoisotopic (exact) mass is 592 g/mol. The fourth-order valence-corrected chi connectivity index (χ4v) is 5.00. The lowest BCUT2D eigenvalue weighted by molar-refractivity contribution is -0.910. The van der Waals surface area contributed by atoms with Crippen LogP contribution in [-0.4, -0.2) is 55.3 Å². The second-order valence-corrected chi connectivity index (χ2v) is 11.2. The summed E-state index contributed by atoms with van der Waals surface area (Å²) in [6.07, 6.45) is 16.1. The number of aliphatic hydroxyl groups is 1. The van der Waals surface area contributed by atoms with Crippen molar-refractivity contribution in [1.29, 1.82) is 0 Å². The molecular formula is C26H43INO4S+. The first kappa shape index (κ1) is 30.4. The van der Waals surface area contributed by atoms with Gasteiger partial charge in [-0.1, -0.05) is 62.6 Å². The average molecular weight is 593 g/mol. The molecule has 0 atom stereocenters. The lowest BCUT2D eigenvalue weighted by Gasteiger charge is -2.32. The molecule has 2 N–H and O–H groups in total. The standard InChI is InChI=1S/C19H35INO.C7H8O3S/c20-14-13-18-21(16-10-11-17-21)15-9-7-5-3-1-2-4-6-8-12-19-22;1-6-2-4-7(5-3-6)11(8,9)10/h22H,1-12,15-19H2;2-5H,1H3,(H,8,9,10)/q+1;. The number of benzene rings is 1. The molecule has 2 rings (SSSR count). The molecule has 1 fully saturated rings. The fraction of sp³-hybridized carbons (Fsp3) is 0.692. The van der Waals surface area contributed by atoms with E-state index in [0.717, 1.165) is 18.5 Å². The van der Waals surface area contributed by atoms with Crippen molar-refractivity contribution in [2.45, 2.75) is 88.9 Å². The molecular weight excluding hydrogens is 549 g/mol. The van der Waals surface area contributed by atoms with Gasteiger partial charge in [-0.15, -0.1) is 0 Å². The van der Waals surface area contributed by atoms with Gasteiger partial charge in [-0.05, 0) is 48.2 Å². The van der Waals surface area contributed by atoms with E-state index in [2.05, 4.69) is 32.4 Å². The summed E-state index contributed by atoms with van der Waals surface area (Å²) >= 11 is 2.17. The molecule has 1 aliphatic rings. The van der Waals surface area contributed by atoms with Crippen LogP contribution in [0.25, 0.3) is 0 Å². The average Bonchev–Trinajstić information content (AvgIpc) is 3.25. The van der Waals surface area contributed by atoms with Crippen molar-refractivity contribution in [3.63, 3.8) is 0 Å². The van der Waals surface area contributed by atoms with Gasteiger partial charge in [0.05, 0.1) is 24.5 Å². The Hall–Kier alpha value is -0.660. The minimum atomic E-state index is -4.02. The Morgan fingerprint density at radius 2 is 1.36 bits per heavy atom. The third kappa shape index (κ3) is 14.4. The van der Waals surface area contributed by atoms with E-state index in [1.54, 1.807) is 12.1 Å². The van der Waals surface area contributed by atoms with Crippen LogP contribution in [0, 0.1) is 16.8 Å². The highest BCUT2D eigenvalue weighted by molar-refractivity contribution is 14.1. The highest BCUT2D eigenvalue weighted by Gasteiger charge is 2.30. The van der Waals surface area contributed by atoms with E-state index < -0.39 is 10.1 Å². The molecule has 0 aromatic heterocycles. The molecule has 1 aromatic carbocycles. The normalized spacial score (nSPS) is 14.8. The Morgan fingerprint density at radius 3 is 1.82 bits per heavy atom. The molecule has 0 amide bonds. The van der Waals surface area contributed by atoms with Crippen LogP contribution in [0.4, 0.5) is 0 Å². The molecule has 7 heteroatoms. The highest BCUT2D eigenvalue weighted by atomic mass is 127. The van der Waals surface area contributed by atoms with Gasteiger partial charge < -0.3 is 9.59 Å². The molecule has 0 aliphatic carbocycles. The van der Waals surface area contributed by atoms with Crippen molar-refractivity contribution in [1.82, 2.24) is 0 Å². The van der Waals surface area contributed by atoms with Gasteiger partial charge in [0.2, 0.25) is 0 Å². The molecule has 0 radical (unpaired) electrons.